The summed E-state index contributed by atoms with van der Waals surface area (Å²) in [5.74, 6) is -0.0109. The molecule has 4 N–H and O–H groups in total. The van der Waals surface area contributed by atoms with Crippen molar-refractivity contribution in [3.63, 3.8) is 0 Å². The number of carbonyl (C=O) groups excluding carboxylic acids is 1. The molecule has 3 rings (SSSR count). The Hall–Kier alpha value is -3.00. The second-order valence-corrected chi connectivity index (χ2v) is 4.99. The third-order valence-corrected chi connectivity index (χ3v) is 3.44. The Balaban J connectivity index is 1.78. The molecule has 1 heterocycles. The van der Waals surface area contributed by atoms with Crippen molar-refractivity contribution in [1.82, 2.24) is 0 Å². The minimum absolute atomic E-state index is 0.0109. The zero-order valence-corrected chi connectivity index (χ0v) is 11.3. The van der Waals surface area contributed by atoms with Crippen molar-refractivity contribution >= 4 is 23.0 Å². The monoisotopic (exact) mass is 278 g/mol. The van der Waals surface area contributed by atoms with Gasteiger partial charge in [0.05, 0.1) is 29.4 Å². The van der Waals surface area contributed by atoms with Crippen molar-refractivity contribution < 1.29 is 4.79 Å². The van der Waals surface area contributed by atoms with E-state index in [0.717, 1.165) is 22.5 Å². The van der Waals surface area contributed by atoms with E-state index in [2.05, 4.69) is 16.7 Å². The summed E-state index contributed by atoms with van der Waals surface area (Å²) in [4.78, 5) is 11.4. The molecule has 5 heteroatoms. The van der Waals surface area contributed by atoms with Crippen LogP contribution >= 0.6 is 0 Å². The fourth-order valence-corrected chi connectivity index (χ4v) is 2.39. The van der Waals surface area contributed by atoms with Crippen molar-refractivity contribution in [2.75, 3.05) is 16.4 Å². The molecule has 1 aliphatic heterocycles. The molecule has 0 atom stereocenters. The molecule has 1 amide bonds. The molecular weight excluding hydrogens is 264 g/mol. The van der Waals surface area contributed by atoms with Gasteiger partial charge in [-0.1, -0.05) is 12.1 Å². The molecule has 0 aliphatic carbocycles. The van der Waals surface area contributed by atoms with Gasteiger partial charge in [-0.2, -0.15) is 5.26 Å². The first-order valence-corrected chi connectivity index (χ1v) is 6.61. The van der Waals surface area contributed by atoms with E-state index in [1.165, 1.54) is 0 Å². The Morgan fingerprint density at radius 2 is 2.19 bits per heavy atom. The molecule has 0 saturated carbocycles. The van der Waals surface area contributed by atoms with Crippen LogP contribution in [0.3, 0.4) is 0 Å². The lowest BCUT2D eigenvalue weighted by Crippen LogP contribution is -2.04. The lowest BCUT2D eigenvalue weighted by molar-refractivity contribution is -0.115. The van der Waals surface area contributed by atoms with E-state index in [4.69, 9.17) is 11.0 Å². The smallest absolute Gasteiger partial charge is 0.228 e. The molecule has 0 saturated heterocycles. The normalized spacial score (nSPS) is 12.4. The summed E-state index contributed by atoms with van der Waals surface area (Å²) in [7, 11) is 0. The van der Waals surface area contributed by atoms with Crippen LogP contribution in [0.2, 0.25) is 0 Å². The highest BCUT2D eigenvalue weighted by atomic mass is 16.1. The predicted octanol–water partition coefficient (Wildman–Crippen LogP) is 2.25. The van der Waals surface area contributed by atoms with Gasteiger partial charge in [-0.25, -0.2) is 0 Å². The van der Waals surface area contributed by atoms with Gasteiger partial charge in [0.2, 0.25) is 5.91 Å². The molecule has 5 nitrogen and oxygen atoms in total. The molecule has 0 radical (unpaired) electrons. The second-order valence-electron chi connectivity index (χ2n) is 4.99. The fraction of sp³-hybridized carbons (Fsp3) is 0.125. The van der Waals surface area contributed by atoms with Gasteiger partial charge in [0.15, 0.2) is 0 Å². The van der Waals surface area contributed by atoms with Crippen molar-refractivity contribution in [3.8, 4) is 6.07 Å². The average Bonchev–Trinajstić information content (AvgIpc) is 2.84. The van der Waals surface area contributed by atoms with Gasteiger partial charge in [0.1, 0.15) is 0 Å². The summed E-state index contributed by atoms with van der Waals surface area (Å²) in [6.45, 7) is 0.562. The Morgan fingerprint density at radius 1 is 1.33 bits per heavy atom. The summed E-state index contributed by atoms with van der Waals surface area (Å²) in [6, 6.07) is 13.2. The van der Waals surface area contributed by atoms with Crippen LogP contribution in [0.25, 0.3) is 0 Å². The summed E-state index contributed by atoms with van der Waals surface area (Å²) in [5, 5.41) is 14.9. The molecular formula is C16H14N4O. The standard InChI is InChI=1S/C16H14N4O/c17-8-10-2-1-3-11(4-10)9-19-15-7-14-12(5-13(15)18)6-16(21)20-14/h1-5,7,19H,6,9,18H2,(H,20,21). The highest BCUT2D eigenvalue weighted by Gasteiger charge is 2.19. The van der Waals surface area contributed by atoms with E-state index in [1.807, 2.05) is 30.3 Å². The van der Waals surface area contributed by atoms with Crippen molar-refractivity contribution in [1.29, 1.82) is 5.26 Å². The lowest BCUT2D eigenvalue weighted by atomic mass is 10.1. The Bertz CT molecular complexity index is 761. The topological polar surface area (TPSA) is 90.9 Å². The SMILES string of the molecule is N#Cc1cccc(CNc2cc3c(cc2N)CC(=O)N3)c1. The molecule has 0 spiro atoms. The zero-order valence-electron chi connectivity index (χ0n) is 11.3. The molecule has 0 bridgehead atoms. The highest BCUT2D eigenvalue weighted by molar-refractivity contribution is 6.00. The maximum absolute atomic E-state index is 11.4. The lowest BCUT2D eigenvalue weighted by Gasteiger charge is -2.11. The summed E-state index contributed by atoms with van der Waals surface area (Å²) in [6.07, 6.45) is 0.379. The highest BCUT2D eigenvalue weighted by Crippen LogP contribution is 2.31. The van der Waals surface area contributed by atoms with Crippen molar-refractivity contribution in [2.45, 2.75) is 13.0 Å². The number of nitriles is 1. The first-order chi connectivity index (χ1) is 10.2. The number of anilines is 3. The third-order valence-electron chi connectivity index (χ3n) is 3.44. The number of rotatable bonds is 3. The molecule has 104 valence electrons. The van der Waals surface area contributed by atoms with E-state index in [9.17, 15) is 4.79 Å². The van der Waals surface area contributed by atoms with Gasteiger partial charge in [-0.15, -0.1) is 0 Å². The minimum Gasteiger partial charge on any atom is -0.397 e. The number of carbonyl (C=O) groups is 1. The number of nitrogens with two attached hydrogens (primary N) is 1. The first-order valence-electron chi connectivity index (χ1n) is 6.61. The molecule has 0 unspecified atom stereocenters. The largest absolute Gasteiger partial charge is 0.397 e. The van der Waals surface area contributed by atoms with Gasteiger partial charge >= 0.3 is 0 Å². The number of nitrogens with zero attached hydrogens (tertiary/aromatic N) is 1. The number of hydrogen-bond donors (Lipinski definition) is 3. The molecule has 0 aromatic heterocycles. The van der Waals surface area contributed by atoms with Crippen molar-refractivity contribution in [2.24, 2.45) is 0 Å². The van der Waals surface area contributed by atoms with Gasteiger partial charge in [-0.3, -0.25) is 4.79 Å². The maximum Gasteiger partial charge on any atom is 0.228 e. The number of fused-ring (bicyclic) bond motifs is 1. The third kappa shape index (κ3) is 2.65. The number of benzene rings is 2. The fourth-order valence-electron chi connectivity index (χ4n) is 2.39. The quantitative estimate of drug-likeness (QED) is 0.751. The Kier molecular flexibility index (Phi) is 3.20. The molecule has 2 aromatic rings. The number of nitrogen functional groups attached to an aromatic ring is 1. The van der Waals surface area contributed by atoms with E-state index in [0.29, 0.717) is 24.2 Å². The Morgan fingerprint density at radius 3 is 3.00 bits per heavy atom. The summed E-state index contributed by atoms with van der Waals surface area (Å²) < 4.78 is 0. The predicted molar refractivity (Wildman–Crippen MR) is 81.7 cm³/mol. The first kappa shape index (κ1) is 13.0. The second kappa shape index (κ2) is 5.17. The van der Waals surface area contributed by atoms with E-state index in [1.54, 1.807) is 6.07 Å². The summed E-state index contributed by atoms with van der Waals surface area (Å²) >= 11 is 0. The summed E-state index contributed by atoms with van der Waals surface area (Å²) in [5.41, 5.74) is 10.8. The van der Waals surface area contributed by atoms with Gasteiger partial charge in [0, 0.05) is 12.2 Å². The van der Waals surface area contributed by atoms with E-state index < -0.39 is 0 Å². The van der Waals surface area contributed by atoms with Crippen LogP contribution in [0.15, 0.2) is 36.4 Å². The van der Waals surface area contributed by atoms with Crippen LogP contribution in [0.4, 0.5) is 17.1 Å². The van der Waals surface area contributed by atoms with Crippen LogP contribution in [0.1, 0.15) is 16.7 Å². The number of amides is 1. The van der Waals surface area contributed by atoms with Gasteiger partial charge in [-0.05, 0) is 35.4 Å². The van der Waals surface area contributed by atoms with Crippen LogP contribution in [0, 0.1) is 11.3 Å². The zero-order chi connectivity index (χ0) is 14.8. The average molecular weight is 278 g/mol. The minimum atomic E-state index is -0.0109. The van der Waals surface area contributed by atoms with Crippen LogP contribution in [-0.2, 0) is 17.8 Å². The molecule has 21 heavy (non-hydrogen) atoms. The van der Waals surface area contributed by atoms with Crippen molar-refractivity contribution in [3.05, 3.63) is 53.1 Å². The number of nitrogens with one attached hydrogen (secondary N) is 2. The van der Waals surface area contributed by atoms with Gasteiger partial charge < -0.3 is 16.4 Å². The van der Waals surface area contributed by atoms with Gasteiger partial charge in [0.25, 0.3) is 0 Å². The van der Waals surface area contributed by atoms with Crippen LogP contribution < -0.4 is 16.4 Å². The maximum atomic E-state index is 11.4. The van der Waals surface area contributed by atoms with Crippen LogP contribution in [-0.4, -0.2) is 5.91 Å². The Labute approximate surface area is 122 Å². The van der Waals surface area contributed by atoms with E-state index >= 15 is 0 Å². The van der Waals surface area contributed by atoms with E-state index in [-0.39, 0.29) is 5.91 Å². The molecule has 1 aliphatic rings. The van der Waals surface area contributed by atoms with Crippen LogP contribution in [0.5, 0.6) is 0 Å². The number of hydrogen-bond acceptors (Lipinski definition) is 4. The molecule has 0 fully saturated rings. The molecule has 2 aromatic carbocycles.